The molecule has 2 aliphatic rings. The van der Waals surface area contributed by atoms with Gasteiger partial charge in [-0.1, -0.05) is 118 Å². The highest BCUT2D eigenvalue weighted by molar-refractivity contribution is 5.88. The molecule has 2 aliphatic heterocycles. The van der Waals surface area contributed by atoms with Crippen LogP contribution in [0.1, 0.15) is 89.5 Å². The molecule has 0 fully saturated rings. The van der Waals surface area contributed by atoms with E-state index in [9.17, 15) is 0 Å². The average molecular weight is 767 g/mol. The molecule has 0 atom stereocenters. The zero-order valence-corrected chi connectivity index (χ0v) is 33.8. The number of aromatic amines is 2. The molecule has 0 saturated heterocycles. The summed E-state index contributed by atoms with van der Waals surface area (Å²) in [6.07, 6.45) is 8.02. The van der Waals surface area contributed by atoms with Crippen LogP contribution >= 0.6 is 0 Å². The van der Waals surface area contributed by atoms with Crippen LogP contribution in [0.5, 0.6) is 0 Å². The van der Waals surface area contributed by atoms with Gasteiger partial charge in [-0.3, -0.25) is 0 Å². The van der Waals surface area contributed by atoms with Crippen molar-refractivity contribution in [3.8, 4) is 47.4 Å². The van der Waals surface area contributed by atoms with Crippen molar-refractivity contribution in [1.29, 1.82) is 0 Å². The fourth-order valence-corrected chi connectivity index (χ4v) is 6.82. The quantitative estimate of drug-likeness (QED) is 0.151. The molecule has 60 heavy (non-hydrogen) atoms. The second kappa shape index (κ2) is 16.3. The lowest BCUT2D eigenvalue weighted by molar-refractivity contribution is 1.25. The molecule has 0 unspecified atom stereocenters. The number of benzene rings is 4. The molecule has 0 amide bonds. The Morgan fingerprint density at radius 2 is 0.533 bits per heavy atom. The number of fused-ring (bicyclic) bond motifs is 8. The monoisotopic (exact) mass is 766 g/mol. The third-order valence-electron chi connectivity index (χ3n) is 10.3. The van der Waals surface area contributed by atoms with Gasteiger partial charge >= 0.3 is 0 Å². The number of hydrogen-bond donors (Lipinski definition) is 2. The first kappa shape index (κ1) is 37.3. The van der Waals surface area contributed by atoms with Gasteiger partial charge in [0.25, 0.3) is 0 Å². The Hall–Kier alpha value is -8.28. The summed E-state index contributed by atoms with van der Waals surface area (Å²) in [5, 5.41) is 0. The molecule has 0 spiro atoms. The summed E-state index contributed by atoms with van der Waals surface area (Å²) < 4.78 is 0. The predicted molar refractivity (Wildman–Crippen MR) is 247 cm³/mol. The number of hydrogen-bond acceptors (Lipinski definition) is 2. The molecule has 4 heteroatoms. The van der Waals surface area contributed by atoms with Crippen molar-refractivity contribution in [1.82, 2.24) is 19.9 Å². The molecule has 282 valence electrons. The summed E-state index contributed by atoms with van der Waals surface area (Å²) in [6, 6.07) is 41.1. The van der Waals surface area contributed by atoms with Crippen molar-refractivity contribution < 1.29 is 0 Å². The van der Waals surface area contributed by atoms with Crippen LogP contribution in [-0.4, -0.2) is 19.9 Å². The molecule has 4 aromatic carbocycles. The fraction of sp³-hybridized carbons (Fsp3) is 0.0714. The maximum atomic E-state index is 5.22. The van der Waals surface area contributed by atoms with Gasteiger partial charge in [-0.25, -0.2) is 9.97 Å². The van der Waals surface area contributed by atoms with Crippen molar-refractivity contribution in [3.05, 3.63) is 211 Å². The van der Waals surface area contributed by atoms with Gasteiger partial charge in [-0.05, 0) is 125 Å². The molecular formula is C56H38N4. The Morgan fingerprint density at radius 1 is 0.283 bits per heavy atom. The van der Waals surface area contributed by atoms with Crippen molar-refractivity contribution >= 4 is 46.4 Å². The maximum Gasteiger partial charge on any atom is 0.0816 e. The van der Waals surface area contributed by atoms with E-state index in [1.54, 1.807) is 0 Å². The molecule has 8 bridgehead atoms. The van der Waals surface area contributed by atoms with E-state index in [-0.39, 0.29) is 0 Å². The number of nitrogens with one attached hydrogen (secondary N) is 2. The normalized spacial score (nSPS) is 11.0. The molecule has 0 radical (unpaired) electrons. The third kappa shape index (κ3) is 8.23. The second-order valence-electron chi connectivity index (χ2n) is 15.0. The van der Waals surface area contributed by atoms with Gasteiger partial charge in [0.05, 0.1) is 67.1 Å². The highest BCUT2D eigenvalue weighted by atomic mass is 14.8. The van der Waals surface area contributed by atoms with Crippen molar-refractivity contribution in [2.75, 3.05) is 0 Å². The average Bonchev–Trinajstić information content (AvgIpc) is 4.11. The number of aryl methyl sites for hydroxylation is 4. The lowest BCUT2D eigenvalue weighted by Gasteiger charge is -1.98. The Morgan fingerprint density at radius 3 is 0.850 bits per heavy atom. The third-order valence-corrected chi connectivity index (χ3v) is 10.3. The van der Waals surface area contributed by atoms with Crippen LogP contribution in [0, 0.1) is 75.1 Å². The lowest BCUT2D eigenvalue weighted by atomic mass is 10.1. The van der Waals surface area contributed by atoms with Gasteiger partial charge in [-0.15, -0.1) is 0 Å². The van der Waals surface area contributed by atoms with Gasteiger partial charge in [0.2, 0.25) is 0 Å². The minimum absolute atomic E-state index is 0.702. The summed E-state index contributed by atoms with van der Waals surface area (Å²) in [6.45, 7) is 8.30. The molecule has 2 N–H and O–H groups in total. The van der Waals surface area contributed by atoms with Crippen molar-refractivity contribution in [3.63, 3.8) is 0 Å². The molecule has 0 aliphatic carbocycles. The first-order valence-corrected chi connectivity index (χ1v) is 19.8. The molecule has 4 nitrogen and oxygen atoms in total. The molecule has 0 saturated carbocycles. The summed E-state index contributed by atoms with van der Waals surface area (Å²) in [4.78, 5) is 17.8. The smallest absolute Gasteiger partial charge is 0.0816 e. The van der Waals surface area contributed by atoms with E-state index in [4.69, 9.17) is 9.97 Å². The van der Waals surface area contributed by atoms with Gasteiger partial charge < -0.3 is 9.97 Å². The van der Waals surface area contributed by atoms with Gasteiger partial charge in [0.15, 0.2) is 0 Å². The molecule has 3 aromatic heterocycles. The van der Waals surface area contributed by atoms with Gasteiger partial charge in [-0.2, -0.15) is 0 Å². The number of nitrogens with zero attached hydrogens (tertiary/aromatic N) is 2. The summed E-state index contributed by atoms with van der Waals surface area (Å²) >= 11 is 0. The Bertz CT molecular complexity index is 3160. The number of aromatic nitrogens is 4. The van der Waals surface area contributed by atoms with Crippen LogP contribution < -0.4 is 0 Å². The number of H-pyrrole nitrogens is 2. The predicted octanol–water partition coefficient (Wildman–Crippen LogP) is 11.5. The lowest BCUT2D eigenvalue weighted by Crippen LogP contribution is -1.91. The van der Waals surface area contributed by atoms with Crippen LogP contribution in [0.15, 0.2) is 121 Å². The largest absolute Gasteiger partial charge is 0.353 e. The summed E-state index contributed by atoms with van der Waals surface area (Å²) in [5.41, 5.74) is 17.5. The summed E-state index contributed by atoms with van der Waals surface area (Å²) in [5.74, 6) is 27.5. The zero-order chi connectivity index (χ0) is 41.0. The Labute approximate surface area is 350 Å². The molecular weight excluding hydrogens is 729 g/mol. The van der Waals surface area contributed by atoms with Crippen molar-refractivity contribution in [2.45, 2.75) is 27.7 Å². The first-order valence-electron chi connectivity index (χ1n) is 19.8. The Kier molecular flexibility index (Phi) is 10.1. The van der Waals surface area contributed by atoms with Gasteiger partial charge in [0.1, 0.15) is 0 Å². The molecule has 5 heterocycles. The highest BCUT2D eigenvalue weighted by Crippen LogP contribution is 2.27. The summed E-state index contributed by atoms with van der Waals surface area (Å²) in [7, 11) is 0. The van der Waals surface area contributed by atoms with E-state index in [1.807, 2.05) is 72.8 Å². The highest BCUT2D eigenvalue weighted by Gasteiger charge is 2.15. The zero-order valence-electron chi connectivity index (χ0n) is 33.8. The van der Waals surface area contributed by atoms with Crippen molar-refractivity contribution in [2.24, 2.45) is 0 Å². The fourth-order valence-electron chi connectivity index (χ4n) is 6.82. The standard InChI is InChI=1S/C56H38N4/c1-37-5-13-41(14-6-37)21-25-45-49-29-31-51(57-49)46(26-22-42-15-7-38(2)8-16-42)53-33-35-55(59-53)48(28-24-44-19-11-40(4)12-20-44)56-36-34-54(60-56)47(52-32-30-50(45)58-52)27-23-43-17-9-39(3)10-18-43/h5-20,29-36,57-58H,1-4H3. The van der Waals surface area contributed by atoms with E-state index in [1.165, 1.54) is 22.3 Å². The van der Waals surface area contributed by atoms with Crippen LogP contribution in [-0.2, 0) is 0 Å². The van der Waals surface area contributed by atoms with E-state index in [2.05, 4.69) is 158 Å². The minimum Gasteiger partial charge on any atom is -0.353 e. The maximum absolute atomic E-state index is 5.22. The second-order valence-corrected chi connectivity index (χ2v) is 15.0. The van der Waals surface area contributed by atoms with E-state index in [0.717, 1.165) is 72.4 Å². The molecule has 9 rings (SSSR count). The van der Waals surface area contributed by atoms with Crippen LogP contribution in [0.4, 0.5) is 0 Å². The molecule has 7 aromatic rings. The first-order chi connectivity index (χ1) is 29.3. The SMILES string of the molecule is Cc1ccc(C#Cc2c3nc(c(C#Cc4ccc(C)cc4)c4ccc([nH]4)c(C#Cc4ccc(C)cc4)c4ccc([nH]4)c(C#Cc4ccc(C)cc4)c4nc2C=C4)C=C3)cc1. The number of rotatable bonds is 0. The topological polar surface area (TPSA) is 57.4 Å². The van der Waals surface area contributed by atoms with E-state index >= 15 is 0 Å². The minimum atomic E-state index is 0.702. The van der Waals surface area contributed by atoms with Crippen LogP contribution in [0.3, 0.4) is 0 Å². The van der Waals surface area contributed by atoms with E-state index < -0.39 is 0 Å². The van der Waals surface area contributed by atoms with Crippen LogP contribution in [0.2, 0.25) is 0 Å². The van der Waals surface area contributed by atoms with E-state index in [0.29, 0.717) is 17.0 Å². The van der Waals surface area contributed by atoms with Gasteiger partial charge in [0, 0.05) is 22.3 Å². The van der Waals surface area contributed by atoms with Crippen LogP contribution in [0.25, 0.3) is 46.4 Å². The Balaban J connectivity index is 1.37.